The number of hydrogen-bond acceptors (Lipinski definition) is 6. The number of rotatable bonds is 0. The van der Waals surface area contributed by atoms with E-state index in [1.165, 1.54) is 6.07 Å². The summed E-state index contributed by atoms with van der Waals surface area (Å²) in [5.41, 5.74) is 1.69. The Morgan fingerprint density at radius 2 is 1.73 bits per heavy atom. The molecular weight excluding hydrogens is 288 g/mol. The predicted octanol–water partition coefficient (Wildman–Crippen LogP) is 2.44. The maximum Gasteiger partial charge on any atom is 0.231 e. The van der Waals surface area contributed by atoms with E-state index in [-0.39, 0.29) is 30.3 Å². The quantitative estimate of drug-likeness (QED) is 0.728. The Labute approximate surface area is 125 Å². The van der Waals surface area contributed by atoms with Crippen LogP contribution in [-0.2, 0) is 0 Å². The summed E-state index contributed by atoms with van der Waals surface area (Å²) in [6.07, 6.45) is -0.277. The van der Waals surface area contributed by atoms with Gasteiger partial charge in [0, 0.05) is 11.1 Å². The first-order valence-corrected chi connectivity index (χ1v) is 7.01. The first-order chi connectivity index (χ1) is 10.7. The van der Waals surface area contributed by atoms with Crippen LogP contribution in [0.5, 0.6) is 34.5 Å². The summed E-state index contributed by atoms with van der Waals surface area (Å²) >= 11 is 0. The van der Waals surface area contributed by atoms with Gasteiger partial charge in [0.2, 0.25) is 18.3 Å². The van der Waals surface area contributed by atoms with E-state index in [1.54, 1.807) is 6.07 Å². The van der Waals surface area contributed by atoms with Gasteiger partial charge in [-0.1, -0.05) is 6.07 Å². The van der Waals surface area contributed by atoms with E-state index in [0.29, 0.717) is 29.6 Å². The third-order valence-electron chi connectivity index (χ3n) is 4.39. The highest BCUT2D eigenvalue weighted by Gasteiger charge is 2.44. The van der Waals surface area contributed by atoms with Gasteiger partial charge in [0.25, 0.3) is 0 Å². The van der Waals surface area contributed by atoms with Crippen molar-refractivity contribution in [2.24, 2.45) is 0 Å². The fourth-order valence-electron chi connectivity index (χ4n) is 3.33. The van der Waals surface area contributed by atoms with Crippen molar-refractivity contribution >= 4 is 0 Å². The molecule has 6 nitrogen and oxygen atoms in total. The van der Waals surface area contributed by atoms with Gasteiger partial charge < -0.3 is 29.2 Å². The Kier molecular flexibility index (Phi) is 2.11. The van der Waals surface area contributed by atoms with Crippen LogP contribution in [0.3, 0.4) is 0 Å². The molecule has 2 aromatic rings. The topological polar surface area (TPSA) is 77.4 Å². The average Bonchev–Trinajstić information content (AvgIpc) is 3.15. The highest BCUT2D eigenvalue weighted by Crippen LogP contribution is 2.58. The number of ether oxygens (including phenoxy) is 4. The van der Waals surface area contributed by atoms with Gasteiger partial charge >= 0.3 is 0 Å². The fraction of sp³-hybridized carbons (Fsp3) is 0.250. The monoisotopic (exact) mass is 300 g/mol. The molecule has 0 fully saturated rings. The molecule has 3 aliphatic heterocycles. The number of phenolic OH excluding ortho intramolecular Hbond substituents is 2. The van der Waals surface area contributed by atoms with Gasteiger partial charge in [-0.05, 0) is 18.2 Å². The van der Waals surface area contributed by atoms with Gasteiger partial charge in [-0.15, -0.1) is 0 Å². The first-order valence-electron chi connectivity index (χ1n) is 7.01. The van der Waals surface area contributed by atoms with Crippen molar-refractivity contribution in [3.63, 3.8) is 0 Å². The summed E-state index contributed by atoms with van der Waals surface area (Å²) in [4.78, 5) is 0. The summed E-state index contributed by atoms with van der Waals surface area (Å²) in [7, 11) is 0. The molecule has 0 saturated carbocycles. The standard InChI is InChI=1S/C16H12O6/c17-10-3-1-7-9-5-19-15-8(13(9)22-14(7)12(10)18)2-4-11-16(15)21-6-20-11/h1-4,9,13,17-18H,5-6H2. The van der Waals surface area contributed by atoms with Gasteiger partial charge in [-0.2, -0.15) is 0 Å². The lowest BCUT2D eigenvalue weighted by Gasteiger charge is -2.28. The molecule has 0 amide bonds. The summed E-state index contributed by atoms with van der Waals surface area (Å²) < 4.78 is 22.6. The van der Waals surface area contributed by atoms with E-state index in [9.17, 15) is 10.2 Å². The highest BCUT2D eigenvalue weighted by atomic mass is 16.7. The highest BCUT2D eigenvalue weighted by molar-refractivity contribution is 5.63. The average molecular weight is 300 g/mol. The van der Waals surface area contributed by atoms with Gasteiger partial charge in [0.15, 0.2) is 23.0 Å². The second-order valence-electron chi connectivity index (χ2n) is 5.53. The molecule has 112 valence electrons. The summed E-state index contributed by atoms with van der Waals surface area (Å²) in [6, 6.07) is 6.95. The van der Waals surface area contributed by atoms with Gasteiger partial charge in [-0.25, -0.2) is 0 Å². The van der Waals surface area contributed by atoms with Gasteiger partial charge in [0.05, 0.1) is 12.5 Å². The van der Waals surface area contributed by atoms with E-state index in [2.05, 4.69) is 0 Å². The van der Waals surface area contributed by atoms with Crippen molar-refractivity contribution in [3.05, 3.63) is 35.4 Å². The lowest BCUT2D eigenvalue weighted by molar-refractivity contribution is 0.129. The van der Waals surface area contributed by atoms with Crippen molar-refractivity contribution in [2.75, 3.05) is 13.4 Å². The Morgan fingerprint density at radius 3 is 2.64 bits per heavy atom. The molecule has 0 radical (unpaired) electrons. The largest absolute Gasteiger partial charge is 0.504 e. The molecule has 0 saturated heterocycles. The maximum atomic E-state index is 10.0. The zero-order valence-electron chi connectivity index (χ0n) is 11.4. The molecule has 3 heterocycles. The molecule has 3 aliphatic rings. The zero-order valence-corrected chi connectivity index (χ0v) is 11.4. The molecule has 6 heteroatoms. The van der Waals surface area contributed by atoms with Crippen LogP contribution in [0.1, 0.15) is 23.1 Å². The maximum absolute atomic E-state index is 10.0. The normalized spacial score (nSPS) is 23.1. The molecule has 0 bridgehead atoms. The van der Waals surface area contributed by atoms with E-state index in [4.69, 9.17) is 18.9 Å². The van der Waals surface area contributed by atoms with Crippen LogP contribution in [0.2, 0.25) is 0 Å². The number of fused-ring (bicyclic) bond motifs is 7. The van der Waals surface area contributed by atoms with Crippen LogP contribution in [-0.4, -0.2) is 23.6 Å². The zero-order chi connectivity index (χ0) is 14.8. The van der Waals surface area contributed by atoms with Crippen molar-refractivity contribution in [1.82, 2.24) is 0 Å². The predicted molar refractivity (Wildman–Crippen MR) is 73.9 cm³/mol. The molecule has 2 atom stereocenters. The fourth-order valence-corrected chi connectivity index (χ4v) is 3.33. The third-order valence-corrected chi connectivity index (χ3v) is 4.39. The van der Waals surface area contributed by atoms with Crippen molar-refractivity contribution in [3.8, 4) is 34.5 Å². The second-order valence-corrected chi connectivity index (χ2v) is 5.53. The molecule has 5 rings (SSSR count). The SMILES string of the molecule is Oc1ccc2c(c1O)OC1c3ccc4c(c3OCC21)OCO4. The molecule has 0 aromatic heterocycles. The summed E-state index contributed by atoms with van der Waals surface area (Å²) in [5.74, 6) is 1.76. The molecule has 2 N–H and O–H groups in total. The Morgan fingerprint density at radius 1 is 0.864 bits per heavy atom. The number of benzene rings is 2. The van der Waals surface area contributed by atoms with E-state index in [1.807, 2.05) is 12.1 Å². The molecule has 0 aliphatic carbocycles. The minimum absolute atomic E-state index is 0.0330. The lowest BCUT2D eigenvalue weighted by Crippen LogP contribution is -2.23. The summed E-state index contributed by atoms with van der Waals surface area (Å²) in [6.45, 7) is 0.591. The van der Waals surface area contributed by atoms with Gasteiger partial charge in [0.1, 0.15) is 6.10 Å². The minimum atomic E-state index is -0.277. The molecule has 0 spiro atoms. The minimum Gasteiger partial charge on any atom is -0.504 e. The van der Waals surface area contributed by atoms with E-state index in [0.717, 1.165) is 11.1 Å². The van der Waals surface area contributed by atoms with Crippen LogP contribution in [0.25, 0.3) is 0 Å². The molecule has 2 aromatic carbocycles. The van der Waals surface area contributed by atoms with E-state index < -0.39 is 0 Å². The second kappa shape index (κ2) is 3.91. The Hall–Kier alpha value is -2.76. The smallest absolute Gasteiger partial charge is 0.231 e. The molecule has 22 heavy (non-hydrogen) atoms. The molecular formula is C16H12O6. The van der Waals surface area contributed by atoms with E-state index >= 15 is 0 Å². The Bertz CT molecular complexity index is 800. The summed E-state index contributed by atoms with van der Waals surface area (Å²) in [5, 5.41) is 19.6. The van der Waals surface area contributed by atoms with Crippen molar-refractivity contribution in [1.29, 1.82) is 0 Å². The van der Waals surface area contributed by atoms with Crippen molar-refractivity contribution in [2.45, 2.75) is 12.0 Å². The van der Waals surface area contributed by atoms with Crippen molar-refractivity contribution < 1.29 is 29.2 Å². The molecule has 2 unspecified atom stereocenters. The number of aromatic hydroxyl groups is 2. The van der Waals surface area contributed by atoms with Crippen LogP contribution < -0.4 is 18.9 Å². The van der Waals surface area contributed by atoms with Crippen LogP contribution >= 0.6 is 0 Å². The van der Waals surface area contributed by atoms with Gasteiger partial charge in [-0.3, -0.25) is 0 Å². The van der Waals surface area contributed by atoms with Crippen LogP contribution in [0.15, 0.2) is 24.3 Å². The van der Waals surface area contributed by atoms with Crippen LogP contribution in [0, 0.1) is 0 Å². The third kappa shape index (κ3) is 1.34. The number of phenols is 2. The first kappa shape index (κ1) is 11.9. The Balaban J connectivity index is 1.65. The lowest BCUT2D eigenvalue weighted by atomic mass is 9.89. The number of hydrogen-bond donors (Lipinski definition) is 2. The van der Waals surface area contributed by atoms with Crippen LogP contribution in [0.4, 0.5) is 0 Å².